The molecular formula is C19H22F2N2O4S. The highest BCUT2D eigenvalue weighted by atomic mass is 32.2. The molecule has 9 heteroatoms. The minimum Gasteiger partial charge on any atom is -0.383 e. The Morgan fingerprint density at radius 3 is 2.32 bits per heavy atom. The van der Waals surface area contributed by atoms with Crippen molar-refractivity contribution in [1.82, 2.24) is 10.0 Å². The molecule has 1 amide bonds. The van der Waals surface area contributed by atoms with E-state index in [0.717, 1.165) is 12.1 Å². The maximum atomic E-state index is 13.8. The number of amides is 1. The Bertz CT molecular complexity index is 933. The summed E-state index contributed by atoms with van der Waals surface area (Å²) in [7, 11) is -2.28. The quantitative estimate of drug-likeness (QED) is 0.698. The number of sulfonamides is 1. The van der Waals surface area contributed by atoms with Crippen molar-refractivity contribution in [3.8, 4) is 0 Å². The third kappa shape index (κ3) is 5.57. The van der Waals surface area contributed by atoms with Crippen molar-refractivity contribution in [2.75, 3.05) is 13.7 Å². The molecule has 0 aliphatic heterocycles. The summed E-state index contributed by atoms with van der Waals surface area (Å²) in [5.41, 5.74) is 0.350. The Morgan fingerprint density at radius 1 is 1.11 bits per heavy atom. The van der Waals surface area contributed by atoms with Gasteiger partial charge in [-0.1, -0.05) is 6.07 Å². The van der Waals surface area contributed by atoms with Gasteiger partial charge in [0.1, 0.15) is 11.6 Å². The minimum absolute atomic E-state index is 0.00429. The zero-order chi connectivity index (χ0) is 20.9. The second-order valence-electron chi connectivity index (χ2n) is 6.36. The van der Waals surface area contributed by atoms with Crippen LogP contribution >= 0.6 is 0 Å². The fourth-order valence-electron chi connectivity index (χ4n) is 2.61. The van der Waals surface area contributed by atoms with Gasteiger partial charge in [0.2, 0.25) is 10.0 Å². The first-order valence-electron chi connectivity index (χ1n) is 8.51. The highest BCUT2D eigenvalue weighted by molar-refractivity contribution is 7.89. The number of hydrogen-bond acceptors (Lipinski definition) is 4. The maximum Gasteiger partial charge on any atom is 0.251 e. The van der Waals surface area contributed by atoms with Crippen molar-refractivity contribution in [2.45, 2.75) is 30.8 Å². The first kappa shape index (κ1) is 21.9. The van der Waals surface area contributed by atoms with Crippen LogP contribution in [-0.2, 0) is 14.8 Å². The van der Waals surface area contributed by atoms with Crippen LogP contribution in [0.25, 0.3) is 0 Å². The van der Waals surface area contributed by atoms with E-state index in [-0.39, 0.29) is 22.6 Å². The van der Waals surface area contributed by atoms with Crippen LogP contribution in [0.15, 0.2) is 47.4 Å². The van der Waals surface area contributed by atoms with Gasteiger partial charge < -0.3 is 10.1 Å². The van der Waals surface area contributed by atoms with Gasteiger partial charge in [-0.25, -0.2) is 21.9 Å². The van der Waals surface area contributed by atoms with Crippen LogP contribution in [0, 0.1) is 11.6 Å². The first-order chi connectivity index (χ1) is 13.1. The van der Waals surface area contributed by atoms with E-state index in [1.807, 2.05) is 0 Å². The second kappa shape index (κ2) is 9.22. The van der Waals surface area contributed by atoms with Crippen molar-refractivity contribution in [3.63, 3.8) is 0 Å². The van der Waals surface area contributed by atoms with Gasteiger partial charge in [0.15, 0.2) is 0 Å². The van der Waals surface area contributed by atoms with Crippen molar-refractivity contribution in [3.05, 3.63) is 65.2 Å². The summed E-state index contributed by atoms with van der Waals surface area (Å²) < 4.78 is 58.8. The molecule has 0 unspecified atom stereocenters. The van der Waals surface area contributed by atoms with Gasteiger partial charge in [0, 0.05) is 30.3 Å². The third-order valence-corrected chi connectivity index (χ3v) is 5.58. The van der Waals surface area contributed by atoms with E-state index in [2.05, 4.69) is 10.0 Å². The standard InChI is InChI=1S/C19H22F2N2O4S/c1-12(11-27-3)23-28(25,26)16-7-4-14(5-8-16)19(24)22-13(2)17-9-6-15(20)10-18(17)21/h4-10,12-13,23H,11H2,1-3H3,(H,22,24)/t12-,13-/m1/s1. The molecule has 0 heterocycles. The molecule has 0 bridgehead atoms. The van der Waals surface area contributed by atoms with Crippen LogP contribution in [0.2, 0.25) is 0 Å². The summed E-state index contributed by atoms with van der Waals surface area (Å²) >= 11 is 0. The molecule has 2 aromatic rings. The first-order valence-corrected chi connectivity index (χ1v) is 9.99. The number of carbonyl (C=O) groups is 1. The number of carbonyl (C=O) groups excluding carboxylic acids is 1. The molecule has 0 aliphatic carbocycles. The van der Waals surface area contributed by atoms with Gasteiger partial charge in [-0.2, -0.15) is 0 Å². The third-order valence-electron chi connectivity index (χ3n) is 3.98. The van der Waals surface area contributed by atoms with E-state index in [1.165, 1.54) is 37.4 Å². The number of halogens is 2. The number of benzene rings is 2. The summed E-state index contributed by atoms with van der Waals surface area (Å²) in [4.78, 5) is 12.3. The van der Waals surface area contributed by atoms with Gasteiger partial charge in [0.05, 0.1) is 17.5 Å². The highest BCUT2D eigenvalue weighted by Gasteiger charge is 2.19. The van der Waals surface area contributed by atoms with E-state index in [1.54, 1.807) is 13.8 Å². The van der Waals surface area contributed by atoms with Crippen LogP contribution in [0.3, 0.4) is 0 Å². The fourth-order valence-corrected chi connectivity index (χ4v) is 3.84. The predicted molar refractivity (Wildman–Crippen MR) is 100 cm³/mol. The Balaban J connectivity index is 2.09. The predicted octanol–water partition coefficient (Wildman–Crippen LogP) is 2.77. The van der Waals surface area contributed by atoms with Gasteiger partial charge in [-0.3, -0.25) is 4.79 Å². The normalized spacial score (nSPS) is 13.8. The molecule has 0 saturated carbocycles. The molecule has 152 valence electrons. The molecule has 0 spiro atoms. The topological polar surface area (TPSA) is 84.5 Å². The van der Waals surface area contributed by atoms with Crippen molar-refractivity contribution >= 4 is 15.9 Å². The van der Waals surface area contributed by atoms with Gasteiger partial charge >= 0.3 is 0 Å². The summed E-state index contributed by atoms with van der Waals surface area (Å²) in [5, 5.41) is 2.60. The van der Waals surface area contributed by atoms with Gasteiger partial charge in [-0.15, -0.1) is 0 Å². The average Bonchev–Trinajstić information content (AvgIpc) is 2.61. The maximum absolute atomic E-state index is 13.8. The molecule has 0 radical (unpaired) electrons. The Hall–Kier alpha value is -2.36. The number of nitrogens with one attached hydrogen (secondary N) is 2. The Kier molecular flexibility index (Phi) is 7.22. The summed E-state index contributed by atoms with van der Waals surface area (Å²) in [6, 6.07) is 7.33. The molecule has 0 aromatic heterocycles. The van der Waals surface area contributed by atoms with E-state index in [4.69, 9.17) is 4.74 Å². The molecule has 2 N–H and O–H groups in total. The zero-order valence-electron chi connectivity index (χ0n) is 15.7. The molecule has 0 aliphatic rings. The van der Waals surface area contributed by atoms with Gasteiger partial charge in [0.25, 0.3) is 5.91 Å². The molecule has 6 nitrogen and oxygen atoms in total. The molecule has 0 saturated heterocycles. The molecular weight excluding hydrogens is 390 g/mol. The monoisotopic (exact) mass is 412 g/mol. The summed E-state index contributed by atoms with van der Waals surface area (Å²) in [6.45, 7) is 3.45. The molecule has 2 atom stereocenters. The lowest BCUT2D eigenvalue weighted by molar-refractivity contribution is 0.0939. The summed E-state index contributed by atoms with van der Waals surface area (Å²) in [5.74, 6) is -1.98. The smallest absolute Gasteiger partial charge is 0.251 e. The lowest BCUT2D eigenvalue weighted by atomic mass is 10.1. The second-order valence-corrected chi connectivity index (χ2v) is 8.08. The average molecular weight is 412 g/mol. The SMILES string of the molecule is COC[C@@H](C)NS(=O)(=O)c1ccc(C(=O)N[C@H](C)c2ccc(F)cc2F)cc1. The highest BCUT2D eigenvalue weighted by Crippen LogP contribution is 2.19. The number of rotatable bonds is 8. The lowest BCUT2D eigenvalue weighted by Crippen LogP contribution is -2.35. The van der Waals surface area contributed by atoms with E-state index >= 15 is 0 Å². The fraction of sp³-hybridized carbons (Fsp3) is 0.316. The summed E-state index contributed by atoms with van der Waals surface area (Å²) in [6.07, 6.45) is 0. The van der Waals surface area contributed by atoms with Crippen molar-refractivity contribution < 1.29 is 26.7 Å². The van der Waals surface area contributed by atoms with E-state index in [0.29, 0.717) is 0 Å². The Morgan fingerprint density at radius 2 is 1.75 bits per heavy atom. The number of ether oxygens (including phenoxy) is 1. The number of methoxy groups -OCH3 is 1. The lowest BCUT2D eigenvalue weighted by Gasteiger charge is -2.16. The van der Waals surface area contributed by atoms with Crippen LogP contribution in [-0.4, -0.2) is 34.1 Å². The van der Waals surface area contributed by atoms with Crippen molar-refractivity contribution in [1.29, 1.82) is 0 Å². The van der Waals surface area contributed by atoms with Crippen LogP contribution in [0.4, 0.5) is 8.78 Å². The van der Waals surface area contributed by atoms with E-state index < -0.39 is 39.6 Å². The van der Waals surface area contributed by atoms with Crippen LogP contribution < -0.4 is 10.0 Å². The van der Waals surface area contributed by atoms with Crippen LogP contribution in [0.5, 0.6) is 0 Å². The van der Waals surface area contributed by atoms with E-state index in [9.17, 15) is 22.0 Å². The molecule has 2 aromatic carbocycles. The number of hydrogen-bond donors (Lipinski definition) is 2. The Labute approximate surface area is 163 Å². The zero-order valence-corrected chi connectivity index (χ0v) is 16.5. The molecule has 2 rings (SSSR count). The molecule has 28 heavy (non-hydrogen) atoms. The largest absolute Gasteiger partial charge is 0.383 e. The molecule has 0 fully saturated rings. The minimum atomic E-state index is -3.75. The van der Waals surface area contributed by atoms with Gasteiger partial charge in [-0.05, 0) is 44.2 Å². The van der Waals surface area contributed by atoms with Crippen LogP contribution in [0.1, 0.15) is 35.8 Å². The van der Waals surface area contributed by atoms with Crippen molar-refractivity contribution in [2.24, 2.45) is 0 Å².